The summed E-state index contributed by atoms with van der Waals surface area (Å²) >= 11 is 12.2. The van der Waals surface area contributed by atoms with E-state index in [9.17, 15) is 9.59 Å². The van der Waals surface area contributed by atoms with E-state index in [1.165, 1.54) is 17.8 Å². The van der Waals surface area contributed by atoms with Crippen molar-refractivity contribution in [3.05, 3.63) is 105 Å². The van der Waals surface area contributed by atoms with Crippen LogP contribution in [-0.4, -0.2) is 15.7 Å². The van der Waals surface area contributed by atoms with Crippen LogP contribution in [0.15, 0.2) is 83.7 Å². The molecule has 1 aromatic heterocycles. The van der Waals surface area contributed by atoms with Crippen LogP contribution in [0.25, 0.3) is 22.4 Å². The Morgan fingerprint density at radius 3 is 2.13 bits per heavy atom. The smallest absolute Gasteiger partial charge is 0.280 e. The molecule has 0 atom stereocenters. The molecule has 0 saturated heterocycles. The van der Waals surface area contributed by atoms with E-state index in [1.807, 2.05) is 60.7 Å². The molecule has 4 aromatic rings. The van der Waals surface area contributed by atoms with Gasteiger partial charge in [-0.05, 0) is 23.8 Å². The number of nitrogens with one attached hydrogen (secondary N) is 1. The summed E-state index contributed by atoms with van der Waals surface area (Å²) in [6.07, 6.45) is 0. The van der Waals surface area contributed by atoms with E-state index in [0.717, 1.165) is 5.56 Å². The average molecular weight is 450 g/mol. The van der Waals surface area contributed by atoms with Crippen LogP contribution in [0.1, 0.15) is 10.4 Å². The number of carbonyl (C=O) groups is 1. The normalized spacial score (nSPS) is 10.7. The molecular formula is C24H17Cl2N3O2. The fourth-order valence-corrected chi connectivity index (χ4v) is 3.76. The van der Waals surface area contributed by atoms with Gasteiger partial charge < -0.3 is 5.32 Å². The highest BCUT2D eigenvalue weighted by molar-refractivity contribution is 6.36. The van der Waals surface area contributed by atoms with Gasteiger partial charge in [-0.1, -0.05) is 83.9 Å². The molecule has 0 fully saturated rings. The Hall–Kier alpha value is -3.41. The first-order valence-electron chi connectivity index (χ1n) is 9.44. The number of aromatic nitrogens is 2. The Morgan fingerprint density at radius 1 is 0.903 bits per heavy atom. The SMILES string of the molecule is Cn1nc(-c2ccccc2)c(-c2ccccc2)c(C(=O)Nc2ccc(Cl)cc2Cl)c1=O. The van der Waals surface area contributed by atoms with Crippen molar-refractivity contribution in [2.75, 3.05) is 5.32 Å². The highest BCUT2D eigenvalue weighted by Gasteiger charge is 2.24. The van der Waals surface area contributed by atoms with E-state index in [2.05, 4.69) is 10.4 Å². The van der Waals surface area contributed by atoms with E-state index in [4.69, 9.17) is 23.2 Å². The second-order valence-corrected chi connectivity index (χ2v) is 7.68. The second-order valence-electron chi connectivity index (χ2n) is 6.84. The van der Waals surface area contributed by atoms with E-state index < -0.39 is 11.5 Å². The summed E-state index contributed by atoms with van der Waals surface area (Å²) in [5, 5.41) is 7.94. The summed E-state index contributed by atoms with van der Waals surface area (Å²) in [5.74, 6) is -0.580. The zero-order chi connectivity index (χ0) is 22.0. The van der Waals surface area contributed by atoms with Crippen molar-refractivity contribution >= 4 is 34.8 Å². The number of aryl methyl sites for hydroxylation is 1. The molecule has 1 heterocycles. The standard InChI is InChI=1S/C24H17Cl2N3O2/c1-29-24(31)21(23(30)27-19-13-12-17(25)14-18(19)26)20(15-8-4-2-5-9-15)22(28-29)16-10-6-3-7-11-16/h2-14H,1H3,(H,27,30). The van der Waals surface area contributed by atoms with Gasteiger partial charge in [0.25, 0.3) is 11.5 Å². The predicted molar refractivity (Wildman–Crippen MR) is 125 cm³/mol. The molecule has 31 heavy (non-hydrogen) atoms. The lowest BCUT2D eigenvalue weighted by atomic mass is 9.95. The minimum absolute atomic E-state index is 0.0198. The van der Waals surface area contributed by atoms with Crippen LogP contribution in [0, 0.1) is 0 Å². The summed E-state index contributed by atoms with van der Waals surface area (Å²) in [7, 11) is 1.52. The second kappa shape index (κ2) is 8.76. The average Bonchev–Trinajstić information content (AvgIpc) is 2.78. The highest BCUT2D eigenvalue weighted by atomic mass is 35.5. The number of carbonyl (C=O) groups excluding carboxylic acids is 1. The summed E-state index contributed by atoms with van der Waals surface area (Å²) in [5.41, 5.74) is 2.30. The maximum absolute atomic E-state index is 13.4. The van der Waals surface area contributed by atoms with Crippen LogP contribution < -0.4 is 10.9 Å². The molecule has 0 radical (unpaired) electrons. The molecule has 1 N–H and O–H groups in total. The number of nitrogens with zero attached hydrogens (tertiary/aromatic N) is 2. The quantitative estimate of drug-likeness (QED) is 0.436. The van der Waals surface area contributed by atoms with Gasteiger partial charge >= 0.3 is 0 Å². The first-order chi connectivity index (χ1) is 15.0. The van der Waals surface area contributed by atoms with Crippen LogP contribution >= 0.6 is 23.2 Å². The zero-order valence-corrected chi connectivity index (χ0v) is 18.0. The maximum Gasteiger partial charge on any atom is 0.280 e. The number of hydrogen-bond donors (Lipinski definition) is 1. The third-order valence-corrected chi connectivity index (χ3v) is 5.31. The van der Waals surface area contributed by atoms with Crippen molar-refractivity contribution in [3.63, 3.8) is 0 Å². The van der Waals surface area contributed by atoms with Crippen molar-refractivity contribution in [1.82, 2.24) is 9.78 Å². The number of anilines is 1. The van der Waals surface area contributed by atoms with Crippen LogP contribution in [0.4, 0.5) is 5.69 Å². The van der Waals surface area contributed by atoms with Crippen molar-refractivity contribution < 1.29 is 4.79 Å². The van der Waals surface area contributed by atoms with E-state index in [1.54, 1.807) is 12.1 Å². The minimum atomic E-state index is -0.580. The van der Waals surface area contributed by atoms with Gasteiger partial charge in [0, 0.05) is 23.2 Å². The maximum atomic E-state index is 13.4. The molecule has 154 valence electrons. The van der Waals surface area contributed by atoms with E-state index >= 15 is 0 Å². The third-order valence-electron chi connectivity index (χ3n) is 4.76. The van der Waals surface area contributed by atoms with Gasteiger partial charge in [-0.2, -0.15) is 5.10 Å². The number of amides is 1. The first kappa shape index (κ1) is 20.8. The van der Waals surface area contributed by atoms with Crippen LogP contribution in [0.2, 0.25) is 10.0 Å². The minimum Gasteiger partial charge on any atom is -0.320 e. The molecule has 0 aliphatic rings. The molecule has 5 nitrogen and oxygen atoms in total. The van der Waals surface area contributed by atoms with Crippen molar-refractivity contribution in [2.24, 2.45) is 7.05 Å². The fourth-order valence-electron chi connectivity index (χ4n) is 3.30. The molecule has 0 aliphatic heterocycles. The fraction of sp³-hybridized carbons (Fsp3) is 0.0417. The van der Waals surface area contributed by atoms with Gasteiger partial charge in [-0.15, -0.1) is 0 Å². The van der Waals surface area contributed by atoms with Gasteiger partial charge in [-0.3, -0.25) is 9.59 Å². The molecular weight excluding hydrogens is 433 g/mol. The highest BCUT2D eigenvalue weighted by Crippen LogP contribution is 2.33. The lowest BCUT2D eigenvalue weighted by Crippen LogP contribution is -2.31. The molecule has 0 aliphatic carbocycles. The Bertz CT molecular complexity index is 1320. The van der Waals surface area contributed by atoms with Gasteiger partial charge in [0.05, 0.1) is 16.4 Å². The molecule has 3 aromatic carbocycles. The number of rotatable bonds is 4. The zero-order valence-electron chi connectivity index (χ0n) is 16.5. The first-order valence-corrected chi connectivity index (χ1v) is 10.2. The van der Waals surface area contributed by atoms with E-state index in [0.29, 0.717) is 27.5 Å². The molecule has 0 saturated carbocycles. The van der Waals surface area contributed by atoms with Gasteiger partial charge in [0.15, 0.2) is 0 Å². The summed E-state index contributed by atoms with van der Waals surface area (Å²) in [4.78, 5) is 26.5. The van der Waals surface area contributed by atoms with Crippen molar-refractivity contribution in [2.45, 2.75) is 0 Å². The Morgan fingerprint density at radius 2 is 1.52 bits per heavy atom. The third kappa shape index (κ3) is 4.24. The van der Waals surface area contributed by atoms with Crippen molar-refractivity contribution in [3.8, 4) is 22.4 Å². The van der Waals surface area contributed by atoms with E-state index in [-0.39, 0.29) is 10.6 Å². The van der Waals surface area contributed by atoms with Gasteiger partial charge in [0.2, 0.25) is 0 Å². The topological polar surface area (TPSA) is 64.0 Å². The largest absolute Gasteiger partial charge is 0.320 e. The van der Waals surface area contributed by atoms with Crippen LogP contribution in [0.3, 0.4) is 0 Å². The molecule has 0 unspecified atom stereocenters. The Balaban J connectivity index is 1.95. The molecule has 7 heteroatoms. The summed E-state index contributed by atoms with van der Waals surface area (Å²) in [6, 6.07) is 23.4. The molecule has 1 amide bonds. The Labute approximate surface area is 188 Å². The molecule has 0 spiro atoms. The summed E-state index contributed by atoms with van der Waals surface area (Å²) < 4.78 is 1.17. The van der Waals surface area contributed by atoms with Gasteiger partial charge in [-0.25, -0.2) is 4.68 Å². The predicted octanol–water partition coefficient (Wildman–Crippen LogP) is 5.67. The lowest BCUT2D eigenvalue weighted by Gasteiger charge is -2.16. The lowest BCUT2D eigenvalue weighted by molar-refractivity contribution is 0.102. The molecule has 4 rings (SSSR count). The van der Waals surface area contributed by atoms with Crippen LogP contribution in [0.5, 0.6) is 0 Å². The molecule has 0 bridgehead atoms. The monoisotopic (exact) mass is 449 g/mol. The number of benzene rings is 3. The van der Waals surface area contributed by atoms with Crippen molar-refractivity contribution in [1.29, 1.82) is 0 Å². The van der Waals surface area contributed by atoms with Gasteiger partial charge in [0.1, 0.15) is 5.56 Å². The number of hydrogen-bond acceptors (Lipinski definition) is 3. The van der Waals surface area contributed by atoms with Crippen LogP contribution in [-0.2, 0) is 7.05 Å². The summed E-state index contributed by atoms with van der Waals surface area (Å²) in [6.45, 7) is 0. The Kier molecular flexibility index (Phi) is 5.89. The number of halogens is 2.